The maximum atomic E-state index is 5.81. The van der Waals surface area contributed by atoms with Crippen molar-refractivity contribution in [3.63, 3.8) is 0 Å². The first-order chi connectivity index (χ1) is 6.77. The fourth-order valence-corrected chi connectivity index (χ4v) is 1.38. The minimum atomic E-state index is 0.0680. The Morgan fingerprint density at radius 2 is 2.29 bits per heavy atom. The van der Waals surface area contributed by atoms with Gasteiger partial charge in [0, 0.05) is 24.1 Å². The Morgan fingerprint density at radius 3 is 2.93 bits per heavy atom. The maximum Gasteiger partial charge on any atom is 0.0991 e. The van der Waals surface area contributed by atoms with Crippen molar-refractivity contribution >= 4 is 0 Å². The lowest BCUT2D eigenvalue weighted by Gasteiger charge is -2.08. The Labute approximate surface area is 83.2 Å². The predicted molar refractivity (Wildman–Crippen MR) is 56.2 cm³/mol. The summed E-state index contributed by atoms with van der Waals surface area (Å²) in [5.41, 5.74) is 8.04. The largest absolute Gasteiger partial charge is 0.324 e. The third kappa shape index (κ3) is 1.67. The fraction of sp³-hybridized carbons (Fsp3) is 0.182. The summed E-state index contributed by atoms with van der Waals surface area (Å²) in [5.74, 6) is 0. The molecule has 1 aromatic carbocycles. The van der Waals surface area contributed by atoms with Crippen LogP contribution < -0.4 is 5.73 Å². The Morgan fingerprint density at radius 1 is 1.43 bits per heavy atom. The molecular weight excluding hydrogens is 174 g/mol. The summed E-state index contributed by atoms with van der Waals surface area (Å²) in [4.78, 5) is 4.00. The highest BCUT2D eigenvalue weighted by atomic mass is 15.0. The van der Waals surface area contributed by atoms with E-state index in [-0.39, 0.29) is 6.04 Å². The van der Waals surface area contributed by atoms with Crippen LogP contribution >= 0.6 is 0 Å². The quantitative estimate of drug-likeness (QED) is 0.780. The number of nitrogens with two attached hydrogens (primary N) is 1. The molecule has 0 amide bonds. The second-order valence-corrected chi connectivity index (χ2v) is 3.35. The van der Waals surface area contributed by atoms with Gasteiger partial charge < -0.3 is 10.3 Å². The van der Waals surface area contributed by atoms with Crippen LogP contribution in [-0.2, 0) is 0 Å². The maximum absolute atomic E-state index is 5.81. The second-order valence-electron chi connectivity index (χ2n) is 3.35. The van der Waals surface area contributed by atoms with E-state index >= 15 is 0 Å². The van der Waals surface area contributed by atoms with Crippen LogP contribution in [0, 0.1) is 0 Å². The van der Waals surface area contributed by atoms with Gasteiger partial charge in [0.1, 0.15) is 0 Å². The molecule has 0 bridgehead atoms. The molecule has 0 aliphatic heterocycles. The molecule has 72 valence electrons. The zero-order chi connectivity index (χ0) is 9.97. The molecule has 0 spiro atoms. The first kappa shape index (κ1) is 8.97. The van der Waals surface area contributed by atoms with Crippen LogP contribution in [0.2, 0.25) is 0 Å². The smallest absolute Gasteiger partial charge is 0.0991 e. The molecule has 0 saturated carbocycles. The SMILES string of the molecule is CC(N)c1cccc(-n2ccnc2)c1. The average Bonchev–Trinajstić information content (AvgIpc) is 2.71. The number of hydrogen-bond donors (Lipinski definition) is 1. The minimum absolute atomic E-state index is 0.0680. The standard InChI is InChI=1S/C11H13N3/c1-9(12)10-3-2-4-11(7-10)14-6-5-13-8-14/h2-9H,12H2,1H3. The lowest BCUT2D eigenvalue weighted by atomic mass is 10.1. The molecule has 2 N–H and O–H groups in total. The molecule has 1 atom stereocenters. The van der Waals surface area contributed by atoms with Gasteiger partial charge >= 0.3 is 0 Å². The number of hydrogen-bond acceptors (Lipinski definition) is 2. The topological polar surface area (TPSA) is 43.8 Å². The molecule has 1 aromatic heterocycles. The van der Waals surface area contributed by atoms with Crippen molar-refractivity contribution in [1.82, 2.24) is 9.55 Å². The van der Waals surface area contributed by atoms with Crippen LogP contribution in [0.1, 0.15) is 18.5 Å². The van der Waals surface area contributed by atoms with Crippen molar-refractivity contribution in [3.8, 4) is 5.69 Å². The van der Waals surface area contributed by atoms with E-state index in [1.165, 1.54) is 0 Å². The monoisotopic (exact) mass is 187 g/mol. The van der Waals surface area contributed by atoms with Gasteiger partial charge in [-0.1, -0.05) is 12.1 Å². The molecule has 0 aliphatic carbocycles. The summed E-state index contributed by atoms with van der Waals surface area (Å²) in [5, 5.41) is 0. The molecule has 2 aromatic rings. The minimum Gasteiger partial charge on any atom is -0.324 e. The Bertz CT molecular complexity index is 404. The van der Waals surface area contributed by atoms with Gasteiger partial charge in [0.05, 0.1) is 6.33 Å². The number of aromatic nitrogens is 2. The molecule has 0 saturated heterocycles. The predicted octanol–water partition coefficient (Wildman–Crippen LogP) is 1.89. The highest BCUT2D eigenvalue weighted by Crippen LogP contribution is 2.14. The van der Waals surface area contributed by atoms with Gasteiger partial charge in [-0.05, 0) is 24.6 Å². The third-order valence-corrected chi connectivity index (χ3v) is 2.20. The number of imidazole rings is 1. The summed E-state index contributed by atoms with van der Waals surface area (Å²) in [6.07, 6.45) is 5.46. The third-order valence-electron chi connectivity index (χ3n) is 2.20. The summed E-state index contributed by atoms with van der Waals surface area (Å²) in [6, 6.07) is 8.22. The van der Waals surface area contributed by atoms with E-state index in [1.54, 1.807) is 12.5 Å². The lowest BCUT2D eigenvalue weighted by molar-refractivity contribution is 0.816. The average molecular weight is 187 g/mol. The molecule has 3 heteroatoms. The molecule has 3 nitrogen and oxygen atoms in total. The van der Waals surface area contributed by atoms with E-state index in [9.17, 15) is 0 Å². The molecule has 0 aliphatic rings. The first-order valence-corrected chi connectivity index (χ1v) is 4.61. The van der Waals surface area contributed by atoms with Gasteiger partial charge in [0.2, 0.25) is 0 Å². The summed E-state index contributed by atoms with van der Waals surface area (Å²) in [6.45, 7) is 1.98. The Balaban J connectivity index is 2.41. The number of benzene rings is 1. The zero-order valence-electron chi connectivity index (χ0n) is 8.09. The van der Waals surface area contributed by atoms with E-state index in [4.69, 9.17) is 5.73 Å². The van der Waals surface area contributed by atoms with E-state index in [0.29, 0.717) is 0 Å². The van der Waals surface area contributed by atoms with Crippen molar-refractivity contribution in [2.24, 2.45) is 5.73 Å². The van der Waals surface area contributed by atoms with Crippen molar-refractivity contribution in [2.45, 2.75) is 13.0 Å². The second kappa shape index (κ2) is 3.64. The van der Waals surface area contributed by atoms with Crippen LogP contribution in [0.25, 0.3) is 5.69 Å². The highest BCUT2D eigenvalue weighted by Gasteiger charge is 2.00. The van der Waals surface area contributed by atoms with Crippen LogP contribution in [0.4, 0.5) is 0 Å². The number of rotatable bonds is 2. The van der Waals surface area contributed by atoms with Crippen molar-refractivity contribution < 1.29 is 0 Å². The van der Waals surface area contributed by atoms with E-state index < -0.39 is 0 Å². The normalized spacial score (nSPS) is 12.7. The molecule has 2 rings (SSSR count). The van der Waals surface area contributed by atoms with E-state index in [2.05, 4.69) is 11.1 Å². The first-order valence-electron chi connectivity index (χ1n) is 4.61. The van der Waals surface area contributed by atoms with Crippen LogP contribution in [0.3, 0.4) is 0 Å². The van der Waals surface area contributed by atoms with Crippen LogP contribution in [-0.4, -0.2) is 9.55 Å². The van der Waals surface area contributed by atoms with Gasteiger partial charge in [-0.2, -0.15) is 0 Å². The van der Waals surface area contributed by atoms with Gasteiger partial charge in [-0.15, -0.1) is 0 Å². The van der Waals surface area contributed by atoms with E-state index in [0.717, 1.165) is 11.3 Å². The van der Waals surface area contributed by atoms with Crippen molar-refractivity contribution in [1.29, 1.82) is 0 Å². The van der Waals surface area contributed by atoms with E-state index in [1.807, 2.05) is 35.9 Å². The van der Waals surface area contributed by atoms with Gasteiger partial charge in [-0.25, -0.2) is 4.98 Å². The summed E-state index contributed by atoms with van der Waals surface area (Å²) < 4.78 is 1.96. The summed E-state index contributed by atoms with van der Waals surface area (Å²) >= 11 is 0. The van der Waals surface area contributed by atoms with Crippen LogP contribution in [0.15, 0.2) is 43.0 Å². The highest BCUT2D eigenvalue weighted by molar-refractivity contribution is 5.36. The molecule has 14 heavy (non-hydrogen) atoms. The Kier molecular flexibility index (Phi) is 2.33. The molecule has 1 heterocycles. The fourth-order valence-electron chi connectivity index (χ4n) is 1.38. The summed E-state index contributed by atoms with van der Waals surface area (Å²) in [7, 11) is 0. The van der Waals surface area contributed by atoms with Gasteiger partial charge in [0.25, 0.3) is 0 Å². The van der Waals surface area contributed by atoms with Gasteiger partial charge in [-0.3, -0.25) is 0 Å². The van der Waals surface area contributed by atoms with Crippen molar-refractivity contribution in [2.75, 3.05) is 0 Å². The van der Waals surface area contributed by atoms with Gasteiger partial charge in [0.15, 0.2) is 0 Å². The molecule has 1 unspecified atom stereocenters. The molecule has 0 radical (unpaired) electrons. The lowest BCUT2D eigenvalue weighted by Crippen LogP contribution is -2.05. The Hall–Kier alpha value is -1.61. The van der Waals surface area contributed by atoms with Crippen LogP contribution in [0.5, 0.6) is 0 Å². The number of nitrogens with zero attached hydrogens (tertiary/aromatic N) is 2. The van der Waals surface area contributed by atoms with Crippen molar-refractivity contribution in [3.05, 3.63) is 48.5 Å². The zero-order valence-corrected chi connectivity index (χ0v) is 8.09. The molecule has 0 fully saturated rings. The molecular formula is C11H13N3.